The number of nitrogens with one attached hydrogen (secondary N) is 1. The predicted molar refractivity (Wildman–Crippen MR) is 89.1 cm³/mol. The van der Waals surface area contributed by atoms with E-state index in [9.17, 15) is 8.42 Å². The molecule has 0 radical (unpaired) electrons. The summed E-state index contributed by atoms with van der Waals surface area (Å²) in [7, 11) is -3.62. The number of aromatic nitrogens is 4. The predicted octanol–water partition coefficient (Wildman–Crippen LogP) is 0.0373. The maximum atomic E-state index is 12.0. The Morgan fingerprint density at radius 3 is 2.80 bits per heavy atom. The molecule has 9 nitrogen and oxygen atoms in total. The van der Waals surface area contributed by atoms with Crippen LogP contribution in [0.25, 0.3) is 11.4 Å². The van der Waals surface area contributed by atoms with Crippen LogP contribution in [0.1, 0.15) is 12.8 Å². The summed E-state index contributed by atoms with van der Waals surface area (Å²) >= 11 is 0. The second-order valence-electron chi connectivity index (χ2n) is 5.90. The van der Waals surface area contributed by atoms with Crippen LogP contribution in [0.15, 0.2) is 29.2 Å². The van der Waals surface area contributed by atoms with E-state index in [4.69, 9.17) is 9.84 Å². The van der Waals surface area contributed by atoms with Crippen molar-refractivity contribution in [3.63, 3.8) is 0 Å². The normalized spacial score (nSPS) is 18.4. The Bertz CT molecular complexity index is 785. The molecular formula is C15H21N5O4S. The first-order valence-corrected chi connectivity index (χ1v) is 9.63. The third kappa shape index (κ3) is 4.60. The zero-order valence-corrected chi connectivity index (χ0v) is 14.5. The van der Waals surface area contributed by atoms with Crippen molar-refractivity contribution >= 4 is 10.0 Å². The summed E-state index contributed by atoms with van der Waals surface area (Å²) < 4.78 is 31.7. The zero-order chi connectivity index (χ0) is 17.7. The number of ether oxygens (including phenoxy) is 1. The van der Waals surface area contributed by atoms with Crippen LogP contribution in [-0.4, -0.2) is 60.1 Å². The highest BCUT2D eigenvalue weighted by molar-refractivity contribution is 7.89. The van der Waals surface area contributed by atoms with E-state index < -0.39 is 10.0 Å². The molecule has 1 aliphatic heterocycles. The Kier molecular flexibility index (Phi) is 5.74. The van der Waals surface area contributed by atoms with Gasteiger partial charge in [0.05, 0.1) is 24.7 Å². The van der Waals surface area contributed by atoms with Gasteiger partial charge in [-0.05, 0) is 42.3 Å². The summed E-state index contributed by atoms with van der Waals surface area (Å²) in [6, 6.07) is 6.23. The monoisotopic (exact) mass is 367 g/mol. The smallest absolute Gasteiger partial charge is 0.240 e. The molecule has 0 spiro atoms. The van der Waals surface area contributed by atoms with Crippen LogP contribution < -0.4 is 4.72 Å². The first kappa shape index (κ1) is 17.9. The fourth-order valence-corrected chi connectivity index (χ4v) is 3.69. The van der Waals surface area contributed by atoms with Gasteiger partial charge in [-0.2, -0.15) is 4.80 Å². The Morgan fingerprint density at radius 1 is 1.32 bits per heavy atom. The van der Waals surface area contributed by atoms with Gasteiger partial charge < -0.3 is 9.84 Å². The first-order chi connectivity index (χ1) is 12.1. The van der Waals surface area contributed by atoms with Crippen molar-refractivity contribution in [3.8, 4) is 11.4 Å². The third-order valence-corrected chi connectivity index (χ3v) is 5.43. The molecule has 2 heterocycles. The fraction of sp³-hybridized carbons (Fsp3) is 0.533. The highest BCUT2D eigenvalue weighted by atomic mass is 32.2. The van der Waals surface area contributed by atoms with Gasteiger partial charge in [-0.3, -0.25) is 0 Å². The number of rotatable bonds is 7. The molecule has 1 aromatic carbocycles. The molecule has 0 bridgehead atoms. The minimum absolute atomic E-state index is 0.0230. The fourth-order valence-electron chi connectivity index (χ4n) is 2.66. The lowest BCUT2D eigenvalue weighted by molar-refractivity contribution is 0.0451. The maximum Gasteiger partial charge on any atom is 0.240 e. The number of aliphatic hydroxyl groups excluding tert-OH is 1. The number of aliphatic hydroxyl groups is 1. The molecule has 25 heavy (non-hydrogen) atoms. The second kappa shape index (κ2) is 8.00. The van der Waals surface area contributed by atoms with Gasteiger partial charge in [0.1, 0.15) is 0 Å². The Labute approximate surface area is 146 Å². The van der Waals surface area contributed by atoms with E-state index in [0.717, 1.165) is 19.4 Å². The van der Waals surface area contributed by atoms with Crippen molar-refractivity contribution < 1.29 is 18.3 Å². The van der Waals surface area contributed by atoms with Gasteiger partial charge in [-0.25, -0.2) is 13.1 Å². The molecule has 1 atom stereocenters. The van der Waals surface area contributed by atoms with Crippen molar-refractivity contribution in [1.82, 2.24) is 24.9 Å². The molecule has 2 N–H and O–H groups in total. The molecule has 3 rings (SSSR count). The molecule has 0 amide bonds. The molecule has 1 saturated heterocycles. The Balaban J connectivity index is 1.68. The van der Waals surface area contributed by atoms with Crippen LogP contribution in [0.3, 0.4) is 0 Å². The van der Waals surface area contributed by atoms with E-state index in [2.05, 4.69) is 20.1 Å². The Morgan fingerprint density at radius 2 is 2.12 bits per heavy atom. The molecule has 0 aliphatic carbocycles. The van der Waals surface area contributed by atoms with E-state index in [0.29, 0.717) is 30.5 Å². The van der Waals surface area contributed by atoms with Gasteiger partial charge in [0, 0.05) is 24.6 Å². The quantitative estimate of drug-likeness (QED) is 0.709. The SMILES string of the molecule is O=S(=O)(NCCO)c1ccc(-c2nnn(CC3CCCOC3)n2)cc1. The molecule has 1 aromatic heterocycles. The van der Waals surface area contributed by atoms with E-state index >= 15 is 0 Å². The maximum absolute atomic E-state index is 12.0. The summed E-state index contributed by atoms with van der Waals surface area (Å²) in [6.07, 6.45) is 2.14. The molecule has 1 fully saturated rings. The van der Waals surface area contributed by atoms with Crippen molar-refractivity contribution in [2.45, 2.75) is 24.3 Å². The molecule has 10 heteroatoms. The minimum Gasteiger partial charge on any atom is -0.395 e. The van der Waals surface area contributed by atoms with Crippen molar-refractivity contribution in [2.24, 2.45) is 5.92 Å². The van der Waals surface area contributed by atoms with Crippen LogP contribution in [-0.2, 0) is 21.3 Å². The van der Waals surface area contributed by atoms with Crippen molar-refractivity contribution in [3.05, 3.63) is 24.3 Å². The molecule has 1 aliphatic rings. The highest BCUT2D eigenvalue weighted by Gasteiger charge is 2.17. The lowest BCUT2D eigenvalue weighted by Crippen LogP contribution is -2.26. The average molecular weight is 367 g/mol. The molecule has 136 valence electrons. The number of hydrogen-bond acceptors (Lipinski definition) is 7. The average Bonchev–Trinajstić information content (AvgIpc) is 3.09. The largest absolute Gasteiger partial charge is 0.395 e. The highest BCUT2D eigenvalue weighted by Crippen LogP contribution is 2.18. The van der Waals surface area contributed by atoms with Gasteiger partial charge in [0.15, 0.2) is 0 Å². The van der Waals surface area contributed by atoms with Gasteiger partial charge >= 0.3 is 0 Å². The summed E-state index contributed by atoms with van der Waals surface area (Å²) in [6.45, 7) is 1.91. The van der Waals surface area contributed by atoms with E-state index in [-0.39, 0.29) is 18.0 Å². The zero-order valence-electron chi connectivity index (χ0n) is 13.7. The van der Waals surface area contributed by atoms with Gasteiger partial charge in [0.25, 0.3) is 0 Å². The van der Waals surface area contributed by atoms with E-state index in [1.807, 2.05) is 0 Å². The summed E-state index contributed by atoms with van der Waals surface area (Å²) in [5, 5.41) is 21.2. The van der Waals surface area contributed by atoms with Crippen LogP contribution in [0.4, 0.5) is 0 Å². The first-order valence-electron chi connectivity index (χ1n) is 8.15. The molecular weight excluding hydrogens is 346 g/mol. The summed E-state index contributed by atoms with van der Waals surface area (Å²) in [4.78, 5) is 1.68. The van der Waals surface area contributed by atoms with Crippen LogP contribution >= 0.6 is 0 Å². The summed E-state index contributed by atoms with van der Waals surface area (Å²) in [5.74, 6) is 0.838. The number of hydrogen-bond donors (Lipinski definition) is 2. The number of sulfonamides is 1. The molecule has 0 saturated carbocycles. The Hall–Kier alpha value is -1.88. The number of tetrazole rings is 1. The molecule has 2 aromatic rings. The third-order valence-electron chi connectivity index (χ3n) is 3.96. The van der Waals surface area contributed by atoms with Gasteiger partial charge in [-0.15, -0.1) is 10.2 Å². The number of benzene rings is 1. The van der Waals surface area contributed by atoms with Gasteiger partial charge in [0.2, 0.25) is 15.8 Å². The topological polar surface area (TPSA) is 119 Å². The molecule has 1 unspecified atom stereocenters. The minimum atomic E-state index is -3.62. The van der Waals surface area contributed by atoms with E-state index in [1.54, 1.807) is 16.9 Å². The van der Waals surface area contributed by atoms with Crippen LogP contribution in [0.5, 0.6) is 0 Å². The lowest BCUT2D eigenvalue weighted by Gasteiger charge is -2.20. The number of nitrogens with zero attached hydrogens (tertiary/aromatic N) is 4. The van der Waals surface area contributed by atoms with Crippen LogP contribution in [0.2, 0.25) is 0 Å². The van der Waals surface area contributed by atoms with Crippen LogP contribution in [0, 0.1) is 5.92 Å². The lowest BCUT2D eigenvalue weighted by atomic mass is 10.0. The van der Waals surface area contributed by atoms with E-state index in [1.165, 1.54) is 12.1 Å². The van der Waals surface area contributed by atoms with Crippen molar-refractivity contribution in [2.75, 3.05) is 26.4 Å². The summed E-state index contributed by atoms with van der Waals surface area (Å²) in [5.41, 5.74) is 0.687. The van der Waals surface area contributed by atoms with Gasteiger partial charge in [-0.1, -0.05) is 0 Å². The van der Waals surface area contributed by atoms with Crippen molar-refractivity contribution in [1.29, 1.82) is 0 Å². The second-order valence-corrected chi connectivity index (χ2v) is 7.66. The standard InChI is InChI=1S/C15H21N5O4S/c21-8-7-16-25(22,23)14-5-3-13(4-6-14)15-17-19-20(18-15)10-12-2-1-9-24-11-12/h3-6,12,16,21H,1-2,7-11H2.